The molecule has 14 heavy (non-hydrogen) atoms. The minimum absolute atomic E-state index is 0.0360. The van der Waals surface area contributed by atoms with Gasteiger partial charge in [-0.15, -0.1) is 0 Å². The number of hydrogen-bond donors (Lipinski definition) is 1. The summed E-state index contributed by atoms with van der Waals surface area (Å²) in [7, 11) is 0. The molecule has 3 nitrogen and oxygen atoms in total. The van der Waals surface area contributed by atoms with Crippen molar-refractivity contribution in [2.24, 2.45) is 17.8 Å². The van der Waals surface area contributed by atoms with Crippen molar-refractivity contribution in [3.8, 4) is 0 Å². The fraction of sp³-hybridized carbons (Fsp3) is 0.909. The minimum atomic E-state index is -0.0567. The van der Waals surface area contributed by atoms with E-state index in [0.717, 1.165) is 6.42 Å². The molecule has 0 radical (unpaired) electrons. The predicted molar refractivity (Wildman–Crippen MR) is 53.8 cm³/mol. The molecule has 0 spiro atoms. The number of hydrogen-bond acceptors (Lipinski definition) is 3. The van der Waals surface area contributed by atoms with Gasteiger partial charge in [-0.1, -0.05) is 13.8 Å². The fourth-order valence-electron chi connectivity index (χ4n) is 2.97. The van der Waals surface area contributed by atoms with E-state index in [1.165, 1.54) is 0 Å². The van der Waals surface area contributed by atoms with Gasteiger partial charge in [-0.25, -0.2) is 0 Å². The molecule has 2 aliphatic rings. The summed E-state index contributed by atoms with van der Waals surface area (Å²) in [6, 6.07) is 0.496. The Hall–Kier alpha value is -0.570. The van der Waals surface area contributed by atoms with Crippen LogP contribution in [0.4, 0.5) is 0 Å². The number of ether oxygens (including phenoxy) is 1. The van der Waals surface area contributed by atoms with Crippen LogP contribution in [0.25, 0.3) is 0 Å². The highest BCUT2D eigenvalue weighted by Gasteiger charge is 2.51. The Bertz CT molecular complexity index is 239. The zero-order valence-electron chi connectivity index (χ0n) is 9.12. The molecule has 1 saturated carbocycles. The summed E-state index contributed by atoms with van der Waals surface area (Å²) < 4.78 is 5.06. The van der Waals surface area contributed by atoms with Gasteiger partial charge in [0.1, 0.15) is 6.04 Å². The first kappa shape index (κ1) is 9.97. The monoisotopic (exact) mass is 197 g/mol. The number of nitrogens with one attached hydrogen (secondary N) is 1. The Morgan fingerprint density at radius 2 is 2.14 bits per heavy atom. The van der Waals surface area contributed by atoms with E-state index in [4.69, 9.17) is 4.74 Å². The van der Waals surface area contributed by atoms with Gasteiger partial charge in [0.05, 0.1) is 6.61 Å². The van der Waals surface area contributed by atoms with E-state index in [9.17, 15) is 4.79 Å². The summed E-state index contributed by atoms with van der Waals surface area (Å²) in [4.78, 5) is 11.6. The van der Waals surface area contributed by atoms with E-state index in [1.807, 2.05) is 6.92 Å². The molecule has 4 unspecified atom stereocenters. The topological polar surface area (TPSA) is 38.3 Å². The van der Waals surface area contributed by atoms with Gasteiger partial charge < -0.3 is 10.1 Å². The summed E-state index contributed by atoms with van der Waals surface area (Å²) in [5.74, 6) is 1.79. The highest BCUT2D eigenvalue weighted by atomic mass is 16.5. The fourth-order valence-corrected chi connectivity index (χ4v) is 2.97. The first-order chi connectivity index (χ1) is 6.65. The van der Waals surface area contributed by atoms with Crippen molar-refractivity contribution in [1.82, 2.24) is 5.32 Å². The van der Waals surface area contributed by atoms with E-state index < -0.39 is 0 Å². The highest BCUT2D eigenvalue weighted by Crippen LogP contribution is 2.44. The molecule has 0 aromatic carbocycles. The predicted octanol–water partition coefficient (Wildman–Crippen LogP) is 1.18. The van der Waals surface area contributed by atoms with E-state index in [2.05, 4.69) is 19.2 Å². The number of rotatable bonds is 2. The quantitative estimate of drug-likeness (QED) is 0.676. The van der Waals surface area contributed by atoms with Crippen LogP contribution in [0.15, 0.2) is 0 Å². The Balaban J connectivity index is 2.02. The molecular weight excluding hydrogens is 178 g/mol. The van der Waals surface area contributed by atoms with Gasteiger partial charge in [-0.05, 0) is 31.1 Å². The van der Waals surface area contributed by atoms with Gasteiger partial charge in [0.25, 0.3) is 0 Å². The van der Waals surface area contributed by atoms with Gasteiger partial charge in [0, 0.05) is 6.04 Å². The molecule has 1 aliphatic carbocycles. The molecule has 80 valence electrons. The Labute approximate surface area is 85.2 Å². The Morgan fingerprint density at radius 1 is 1.43 bits per heavy atom. The van der Waals surface area contributed by atoms with E-state index >= 15 is 0 Å². The molecule has 1 aliphatic heterocycles. The van der Waals surface area contributed by atoms with Crippen LogP contribution in [0.1, 0.15) is 27.2 Å². The van der Waals surface area contributed by atoms with E-state index in [-0.39, 0.29) is 12.0 Å². The summed E-state index contributed by atoms with van der Waals surface area (Å²) in [6.07, 6.45) is 1.14. The molecule has 2 fully saturated rings. The normalized spacial score (nSPS) is 45.5. The lowest BCUT2D eigenvalue weighted by atomic mass is 9.84. The van der Waals surface area contributed by atoms with Crippen LogP contribution in [-0.4, -0.2) is 24.7 Å². The summed E-state index contributed by atoms with van der Waals surface area (Å²) in [6.45, 7) is 6.86. The second-order valence-electron chi connectivity index (χ2n) is 4.62. The van der Waals surface area contributed by atoms with Gasteiger partial charge in [-0.3, -0.25) is 4.79 Å². The van der Waals surface area contributed by atoms with Crippen LogP contribution in [-0.2, 0) is 9.53 Å². The SMILES string of the molecule is CCOC(=O)[C@H]1NC2CC1C(C)C2C. The zero-order chi connectivity index (χ0) is 10.3. The lowest BCUT2D eigenvalue weighted by Crippen LogP contribution is -2.48. The van der Waals surface area contributed by atoms with Crippen molar-refractivity contribution in [2.75, 3.05) is 6.61 Å². The number of piperidine rings is 1. The number of esters is 1. The first-order valence-corrected chi connectivity index (χ1v) is 5.57. The highest BCUT2D eigenvalue weighted by molar-refractivity contribution is 5.77. The van der Waals surface area contributed by atoms with Crippen LogP contribution in [0, 0.1) is 17.8 Å². The standard InChI is InChI=1S/C11H19NO2/c1-4-14-11(13)10-8-5-9(12-10)7(3)6(8)2/h6-10,12H,4-5H2,1-3H3/t6?,7?,8?,9?,10-/m0/s1. The number of carbonyl (C=O) groups is 1. The number of carbonyl (C=O) groups excluding carboxylic acids is 1. The van der Waals surface area contributed by atoms with Crippen molar-refractivity contribution < 1.29 is 9.53 Å². The molecule has 1 saturated heterocycles. The van der Waals surface area contributed by atoms with Gasteiger partial charge in [-0.2, -0.15) is 0 Å². The molecule has 2 rings (SSSR count). The molecule has 5 atom stereocenters. The van der Waals surface area contributed by atoms with Gasteiger partial charge in [0.2, 0.25) is 0 Å². The van der Waals surface area contributed by atoms with Crippen LogP contribution in [0.5, 0.6) is 0 Å². The van der Waals surface area contributed by atoms with Crippen LogP contribution in [0.2, 0.25) is 0 Å². The molecule has 1 N–H and O–H groups in total. The lowest BCUT2D eigenvalue weighted by Gasteiger charge is -2.31. The second kappa shape index (κ2) is 3.54. The third kappa shape index (κ3) is 1.34. The third-order valence-corrected chi connectivity index (χ3v) is 4.03. The lowest BCUT2D eigenvalue weighted by molar-refractivity contribution is -0.147. The maximum absolute atomic E-state index is 11.6. The van der Waals surface area contributed by atoms with Gasteiger partial charge in [0.15, 0.2) is 0 Å². The maximum Gasteiger partial charge on any atom is 0.323 e. The van der Waals surface area contributed by atoms with E-state index in [1.54, 1.807) is 0 Å². The minimum Gasteiger partial charge on any atom is -0.465 e. The molecular formula is C11H19NO2. The van der Waals surface area contributed by atoms with Crippen LogP contribution in [0.3, 0.4) is 0 Å². The van der Waals surface area contributed by atoms with Crippen molar-refractivity contribution >= 4 is 5.97 Å². The van der Waals surface area contributed by atoms with Crippen molar-refractivity contribution in [3.05, 3.63) is 0 Å². The average Bonchev–Trinajstić information content (AvgIpc) is 2.68. The summed E-state index contributed by atoms with van der Waals surface area (Å²) in [5.41, 5.74) is 0. The van der Waals surface area contributed by atoms with Crippen molar-refractivity contribution in [3.63, 3.8) is 0 Å². The summed E-state index contributed by atoms with van der Waals surface area (Å²) >= 11 is 0. The summed E-state index contributed by atoms with van der Waals surface area (Å²) in [5, 5.41) is 3.38. The third-order valence-electron chi connectivity index (χ3n) is 4.03. The molecule has 1 heterocycles. The second-order valence-corrected chi connectivity index (χ2v) is 4.62. The van der Waals surface area contributed by atoms with Crippen molar-refractivity contribution in [2.45, 2.75) is 39.3 Å². The zero-order valence-corrected chi connectivity index (χ0v) is 9.12. The molecule has 3 heteroatoms. The van der Waals surface area contributed by atoms with Crippen LogP contribution < -0.4 is 5.32 Å². The van der Waals surface area contributed by atoms with E-state index in [0.29, 0.717) is 30.4 Å². The molecule has 0 aromatic heterocycles. The van der Waals surface area contributed by atoms with Gasteiger partial charge >= 0.3 is 5.97 Å². The smallest absolute Gasteiger partial charge is 0.323 e. The number of fused-ring (bicyclic) bond motifs is 2. The van der Waals surface area contributed by atoms with Crippen molar-refractivity contribution in [1.29, 1.82) is 0 Å². The molecule has 0 aromatic rings. The first-order valence-electron chi connectivity index (χ1n) is 5.57. The largest absolute Gasteiger partial charge is 0.465 e. The van der Waals surface area contributed by atoms with Crippen LogP contribution >= 0.6 is 0 Å². The average molecular weight is 197 g/mol. The molecule has 0 amide bonds. The maximum atomic E-state index is 11.6. The Kier molecular flexibility index (Phi) is 2.52. The Morgan fingerprint density at radius 3 is 2.64 bits per heavy atom. The molecule has 2 bridgehead atoms.